The molecule has 0 bridgehead atoms. The Kier molecular flexibility index (Phi) is 4.14. The third-order valence-electron chi connectivity index (χ3n) is 1.98. The van der Waals surface area contributed by atoms with Crippen molar-refractivity contribution in [3.8, 4) is 11.5 Å². The number of oxime groups is 2. The lowest BCUT2D eigenvalue weighted by molar-refractivity contribution is 0.321. The number of ether oxygens (including phenoxy) is 2. The Labute approximate surface area is 92.4 Å². The van der Waals surface area contributed by atoms with E-state index in [1.165, 1.54) is 26.6 Å². The van der Waals surface area contributed by atoms with Crippen LogP contribution in [0.1, 0.15) is 11.1 Å². The first-order valence-electron chi connectivity index (χ1n) is 4.37. The number of hydrogen-bond donors (Lipinski definition) is 2. The van der Waals surface area contributed by atoms with Gasteiger partial charge in [0.1, 0.15) is 11.5 Å². The minimum Gasteiger partial charge on any atom is -0.496 e. The van der Waals surface area contributed by atoms with Crippen LogP contribution in [0.5, 0.6) is 11.5 Å². The topological polar surface area (TPSA) is 83.6 Å². The molecule has 0 aliphatic heterocycles. The molecule has 0 unspecified atom stereocenters. The van der Waals surface area contributed by atoms with Crippen molar-refractivity contribution in [2.24, 2.45) is 10.3 Å². The van der Waals surface area contributed by atoms with Gasteiger partial charge in [0, 0.05) is 11.1 Å². The summed E-state index contributed by atoms with van der Waals surface area (Å²) in [5.74, 6) is 0.960. The Balaban J connectivity index is 3.33. The van der Waals surface area contributed by atoms with Gasteiger partial charge in [0.25, 0.3) is 0 Å². The molecule has 6 nitrogen and oxygen atoms in total. The number of nitrogens with zero attached hydrogens (tertiary/aromatic N) is 2. The maximum Gasteiger partial charge on any atom is 0.128 e. The molecule has 6 heteroatoms. The van der Waals surface area contributed by atoms with Crippen LogP contribution >= 0.6 is 0 Å². The zero-order chi connectivity index (χ0) is 12.0. The smallest absolute Gasteiger partial charge is 0.128 e. The zero-order valence-corrected chi connectivity index (χ0v) is 8.91. The standard InChI is InChI=1S/C10H12N2O4/c1-15-9-3-8(6-12-14)10(16-2)4-7(9)5-11-13/h3-6,13-14H,1-2H3/b11-5-,12-6-. The second kappa shape index (κ2) is 5.59. The predicted molar refractivity (Wildman–Crippen MR) is 58.3 cm³/mol. The van der Waals surface area contributed by atoms with Crippen molar-refractivity contribution in [2.45, 2.75) is 0 Å². The van der Waals surface area contributed by atoms with E-state index >= 15 is 0 Å². The monoisotopic (exact) mass is 224 g/mol. The summed E-state index contributed by atoms with van der Waals surface area (Å²) in [5, 5.41) is 22.8. The molecule has 0 aromatic heterocycles. The van der Waals surface area contributed by atoms with Gasteiger partial charge in [0.05, 0.1) is 26.6 Å². The second-order valence-corrected chi connectivity index (χ2v) is 2.83. The molecule has 0 aliphatic carbocycles. The van der Waals surface area contributed by atoms with Gasteiger partial charge in [-0.25, -0.2) is 0 Å². The maximum atomic E-state index is 8.48. The van der Waals surface area contributed by atoms with Gasteiger partial charge in [-0.05, 0) is 12.1 Å². The summed E-state index contributed by atoms with van der Waals surface area (Å²) < 4.78 is 10.2. The van der Waals surface area contributed by atoms with Gasteiger partial charge >= 0.3 is 0 Å². The van der Waals surface area contributed by atoms with Gasteiger partial charge in [-0.2, -0.15) is 0 Å². The number of hydrogen-bond acceptors (Lipinski definition) is 6. The largest absolute Gasteiger partial charge is 0.496 e. The highest BCUT2D eigenvalue weighted by Gasteiger charge is 2.08. The summed E-state index contributed by atoms with van der Waals surface area (Å²) in [4.78, 5) is 0. The van der Waals surface area contributed by atoms with Crippen molar-refractivity contribution in [1.29, 1.82) is 0 Å². The fourth-order valence-corrected chi connectivity index (χ4v) is 1.27. The summed E-state index contributed by atoms with van der Waals surface area (Å²) >= 11 is 0. The highest BCUT2D eigenvalue weighted by molar-refractivity contribution is 5.90. The summed E-state index contributed by atoms with van der Waals surface area (Å²) in [6.45, 7) is 0. The van der Waals surface area contributed by atoms with Gasteiger partial charge in [-0.3, -0.25) is 0 Å². The van der Waals surface area contributed by atoms with Crippen LogP contribution in [0.15, 0.2) is 22.4 Å². The molecule has 0 saturated carbocycles. The third kappa shape index (κ3) is 2.41. The van der Waals surface area contributed by atoms with Crippen molar-refractivity contribution in [3.63, 3.8) is 0 Å². The SMILES string of the molecule is COc1cc(/C=N\O)c(OC)cc1/C=N\O. The first kappa shape index (κ1) is 11.8. The van der Waals surface area contributed by atoms with Crippen molar-refractivity contribution < 1.29 is 19.9 Å². The molecule has 1 aromatic carbocycles. The fourth-order valence-electron chi connectivity index (χ4n) is 1.27. The molecule has 86 valence electrons. The molecule has 0 amide bonds. The van der Waals surface area contributed by atoms with Gasteiger partial charge < -0.3 is 19.9 Å². The van der Waals surface area contributed by atoms with Gasteiger partial charge in [0.2, 0.25) is 0 Å². The van der Waals surface area contributed by atoms with E-state index < -0.39 is 0 Å². The van der Waals surface area contributed by atoms with Crippen LogP contribution in [0.4, 0.5) is 0 Å². The van der Waals surface area contributed by atoms with Crippen molar-refractivity contribution in [1.82, 2.24) is 0 Å². The number of rotatable bonds is 4. The number of benzene rings is 1. The quantitative estimate of drug-likeness (QED) is 0.459. The Morgan fingerprint density at radius 3 is 1.56 bits per heavy atom. The Morgan fingerprint density at radius 2 is 1.31 bits per heavy atom. The molecular weight excluding hydrogens is 212 g/mol. The predicted octanol–water partition coefficient (Wildman–Crippen LogP) is 1.32. The molecule has 0 radical (unpaired) electrons. The minimum absolute atomic E-state index is 0.480. The van der Waals surface area contributed by atoms with E-state index in [4.69, 9.17) is 19.9 Å². The van der Waals surface area contributed by atoms with E-state index in [1.807, 2.05) is 0 Å². The molecule has 0 saturated heterocycles. The van der Waals surface area contributed by atoms with Crippen LogP contribution in [0.3, 0.4) is 0 Å². The lowest BCUT2D eigenvalue weighted by atomic mass is 10.1. The van der Waals surface area contributed by atoms with Crippen LogP contribution in [-0.4, -0.2) is 37.1 Å². The van der Waals surface area contributed by atoms with E-state index in [-0.39, 0.29) is 0 Å². The Bertz CT molecular complexity index is 376. The van der Waals surface area contributed by atoms with Gasteiger partial charge in [0.15, 0.2) is 0 Å². The van der Waals surface area contributed by atoms with E-state index in [1.54, 1.807) is 12.1 Å². The van der Waals surface area contributed by atoms with Crippen LogP contribution in [0, 0.1) is 0 Å². The lowest BCUT2D eigenvalue weighted by Gasteiger charge is -2.09. The van der Waals surface area contributed by atoms with E-state index in [0.29, 0.717) is 22.6 Å². The average Bonchev–Trinajstić information content (AvgIpc) is 2.31. The van der Waals surface area contributed by atoms with E-state index in [0.717, 1.165) is 0 Å². The maximum absolute atomic E-state index is 8.48. The fraction of sp³-hybridized carbons (Fsp3) is 0.200. The molecule has 2 N–H and O–H groups in total. The zero-order valence-electron chi connectivity index (χ0n) is 8.91. The minimum atomic E-state index is 0.480. The highest BCUT2D eigenvalue weighted by Crippen LogP contribution is 2.26. The summed E-state index contributed by atoms with van der Waals surface area (Å²) in [6, 6.07) is 3.21. The van der Waals surface area contributed by atoms with Gasteiger partial charge in [-0.15, -0.1) is 0 Å². The molecule has 0 atom stereocenters. The van der Waals surface area contributed by atoms with Crippen molar-refractivity contribution >= 4 is 12.4 Å². The molecular formula is C10H12N2O4. The first-order chi connectivity index (χ1) is 7.76. The molecule has 1 aromatic rings. The molecule has 0 spiro atoms. The van der Waals surface area contributed by atoms with Gasteiger partial charge in [-0.1, -0.05) is 10.3 Å². The van der Waals surface area contributed by atoms with Crippen molar-refractivity contribution in [3.05, 3.63) is 23.3 Å². The third-order valence-corrected chi connectivity index (χ3v) is 1.98. The highest BCUT2D eigenvalue weighted by atomic mass is 16.5. The van der Waals surface area contributed by atoms with Crippen LogP contribution in [0.2, 0.25) is 0 Å². The molecule has 0 aliphatic rings. The van der Waals surface area contributed by atoms with E-state index in [9.17, 15) is 0 Å². The lowest BCUT2D eigenvalue weighted by Crippen LogP contribution is -1.97. The average molecular weight is 224 g/mol. The normalized spacial score (nSPS) is 11.1. The first-order valence-corrected chi connectivity index (χ1v) is 4.37. The summed E-state index contributed by atoms with van der Waals surface area (Å²) in [6.07, 6.45) is 2.45. The molecule has 1 rings (SSSR count). The Morgan fingerprint density at radius 1 is 0.938 bits per heavy atom. The van der Waals surface area contributed by atoms with Crippen LogP contribution < -0.4 is 9.47 Å². The second-order valence-electron chi connectivity index (χ2n) is 2.83. The van der Waals surface area contributed by atoms with Crippen molar-refractivity contribution in [2.75, 3.05) is 14.2 Å². The van der Waals surface area contributed by atoms with E-state index in [2.05, 4.69) is 10.3 Å². The molecule has 0 heterocycles. The van der Waals surface area contributed by atoms with Crippen LogP contribution in [0.25, 0.3) is 0 Å². The summed E-state index contributed by atoms with van der Waals surface area (Å²) in [7, 11) is 2.97. The molecule has 16 heavy (non-hydrogen) atoms. The summed E-state index contributed by atoms with van der Waals surface area (Å²) in [5.41, 5.74) is 1.11. The molecule has 0 fully saturated rings. The Hall–Kier alpha value is -2.24. The number of methoxy groups -OCH3 is 2. The van der Waals surface area contributed by atoms with Crippen LogP contribution in [-0.2, 0) is 0 Å².